The standard InChI is InChI=1S/C25H24N2O3/c1-27(17-18-30-24-15-13-23(29-2)14-16-24)25(28)26-22-10-6-9-21(19-22)12-11-20-7-4-3-5-8-20/h3-10,13-16,19H,17-18H2,1-2H3,(H,26,28). The molecule has 3 rings (SSSR count). The Morgan fingerprint density at radius 3 is 2.30 bits per heavy atom. The molecule has 0 unspecified atom stereocenters. The van der Waals surface area contributed by atoms with Gasteiger partial charge in [-0.25, -0.2) is 4.79 Å². The maximum Gasteiger partial charge on any atom is 0.321 e. The Morgan fingerprint density at radius 2 is 1.57 bits per heavy atom. The largest absolute Gasteiger partial charge is 0.497 e. The average molecular weight is 400 g/mol. The molecular weight excluding hydrogens is 376 g/mol. The third-order valence-electron chi connectivity index (χ3n) is 4.34. The highest BCUT2D eigenvalue weighted by atomic mass is 16.5. The molecule has 0 saturated heterocycles. The Morgan fingerprint density at radius 1 is 0.900 bits per heavy atom. The molecule has 0 saturated carbocycles. The molecule has 0 radical (unpaired) electrons. The van der Waals surface area contributed by atoms with Gasteiger partial charge >= 0.3 is 6.03 Å². The van der Waals surface area contributed by atoms with Crippen LogP contribution in [-0.2, 0) is 0 Å². The average Bonchev–Trinajstić information content (AvgIpc) is 2.79. The molecule has 0 aliphatic rings. The zero-order valence-corrected chi connectivity index (χ0v) is 17.1. The zero-order valence-electron chi connectivity index (χ0n) is 17.1. The first-order valence-corrected chi connectivity index (χ1v) is 9.60. The lowest BCUT2D eigenvalue weighted by molar-refractivity contribution is 0.207. The van der Waals surface area contributed by atoms with Crippen molar-refractivity contribution in [3.05, 3.63) is 90.0 Å². The number of anilines is 1. The molecule has 0 spiro atoms. The van der Waals surface area contributed by atoms with Crippen LogP contribution in [0.25, 0.3) is 0 Å². The molecule has 0 bridgehead atoms. The fraction of sp³-hybridized carbons (Fsp3) is 0.160. The van der Waals surface area contributed by atoms with E-state index in [9.17, 15) is 4.79 Å². The van der Waals surface area contributed by atoms with Crippen LogP contribution < -0.4 is 14.8 Å². The first-order chi connectivity index (χ1) is 14.6. The number of hydrogen-bond donors (Lipinski definition) is 1. The van der Waals surface area contributed by atoms with Crippen LogP contribution >= 0.6 is 0 Å². The van der Waals surface area contributed by atoms with Gasteiger partial charge in [0.2, 0.25) is 0 Å². The second-order valence-corrected chi connectivity index (χ2v) is 6.57. The van der Waals surface area contributed by atoms with Crippen molar-refractivity contribution < 1.29 is 14.3 Å². The Bertz CT molecular complexity index is 1020. The number of nitrogens with one attached hydrogen (secondary N) is 1. The zero-order chi connectivity index (χ0) is 21.2. The summed E-state index contributed by atoms with van der Waals surface area (Å²) < 4.78 is 10.8. The molecule has 5 heteroatoms. The minimum atomic E-state index is -0.207. The summed E-state index contributed by atoms with van der Waals surface area (Å²) in [5, 5.41) is 2.89. The van der Waals surface area contributed by atoms with Gasteiger partial charge < -0.3 is 19.7 Å². The number of rotatable bonds is 6. The van der Waals surface area contributed by atoms with Crippen LogP contribution in [0.1, 0.15) is 11.1 Å². The number of ether oxygens (including phenoxy) is 2. The quantitative estimate of drug-likeness (QED) is 0.614. The van der Waals surface area contributed by atoms with Crippen molar-refractivity contribution in [1.29, 1.82) is 0 Å². The van der Waals surface area contributed by atoms with Crippen molar-refractivity contribution >= 4 is 11.7 Å². The van der Waals surface area contributed by atoms with Gasteiger partial charge in [0, 0.05) is 23.9 Å². The molecule has 3 aromatic carbocycles. The summed E-state index contributed by atoms with van der Waals surface area (Å²) in [5.74, 6) is 7.74. The van der Waals surface area contributed by atoms with E-state index in [0.717, 1.165) is 22.6 Å². The molecule has 0 aromatic heterocycles. The summed E-state index contributed by atoms with van der Waals surface area (Å²) in [6, 6.07) is 24.4. The lowest BCUT2D eigenvalue weighted by Gasteiger charge is -2.18. The number of methoxy groups -OCH3 is 1. The number of carbonyl (C=O) groups excluding carboxylic acids is 1. The van der Waals surface area contributed by atoms with Crippen LogP contribution in [0.4, 0.5) is 10.5 Å². The van der Waals surface area contributed by atoms with Gasteiger partial charge in [0.15, 0.2) is 0 Å². The minimum absolute atomic E-state index is 0.207. The number of carbonyl (C=O) groups is 1. The Kier molecular flexibility index (Phi) is 7.34. The smallest absolute Gasteiger partial charge is 0.321 e. The monoisotopic (exact) mass is 400 g/mol. The predicted molar refractivity (Wildman–Crippen MR) is 119 cm³/mol. The SMILES string of the molecule is COc1ccc(OCCN(C)C(=O)Nc2cccc(C#Cc3ccccc3)c2)cc1. The lowest BCUT2D eigenvalue weighted by Crippen LogP contribution is -2.34. The first-order valence-electron chi connectivity index (χ1n) is 9.60. The lowest BCUT2D eigenvalue weighted by atomic mass is 10.1. The van der Waals surface area contributed by atoms with E-state index in [1.807, 2.05) is 78.9 Å². The predicted octanol–water partition coefficient (Wildman–Crippen LogP) is 4.64. The molecule has 2 amide bonds. The van der Waals surface area contributed by atoms with Gasteiger partial charge in [-0.1, -0.05) is 36.1 Å². The van der Waals surface area contributed by atoms with Crippen molar-refractivity contribution in [3.63, 3.8) is 0 Å². The fourth-order valence-electron chi connectivity index (χ4n) is 2.63. The maximum atomic E-state index is 12.4. The van der Waals surface area contributed by atoms with E-state index in [1.54, 1.807) is 19.1 Å². The van der Waals surface area contributed by atoms with Crippen LogP contribution in [0.3, 0.4) is 0 Å². The molecule has 0 fully saturated rings. The number of amides is 2. The summed E-state index contributed by atoms with van der Waals surface area (Å²) >= 11 is 0. The van der Waals surface area contributed by atoms with Gasteiger partial charge in [0.1, 0.15) is 18.1 Å². The van der Waals surface area contributed by atoms with Crippen molar-refractivity contribution in [2.75, 3.05) is 32.6 Å². The van der Waals surface area contributed by atoms with E-state index in [-0.39, 0.29) is 6.03 Å². The van der Waals surface area contributed by atoms with Gasteiger partial charge in [-0.05, 0) is 54.6 Å². The van der Waals surface area contributed by atoms with E-state index < -0.39 is 0 Å². The highest BCUT2D eigenvalue weighted by molar-refractivity contribution is 5.89. The first kappa shape index (κ1) is 20.8. The van der Waals surface area contributed by atoms with Crippen molar-refractivity contribution in [2.24, 2.45) is 0 Å². The number of urea groups is 1. The summed E-state index contributed by atoms with van der Waals surface area (Å²) in [4.78, 5) is 14.0. The summed E-state index contributed by atoms with van der Waals surface area (Å²) in [6.45, 7) is 0.838. The second-order valence-electron chi connectivity index (χ2n) is 6.57. The van der Waals surface area contributed by atoms with Gasteiger partial charge in [0.25, 0.3) is 0 Å². The Balaban J connectivity index is 1.50. The van der Waals surface area contributed by atoms with Crippen LogP contribution in [0.2, 0.25) is 0 Å². The molecule has 0 aliphatic heterocycles. The molecule has 1 N–H and O–H groups in total. The van der Waals surface area contributed by atoms with E-state index in [2.05, 4.69) is 17.2 Å². The van der Waals surface area contributed by atoms with Gasteiger partial charge in [-0.15, -0.1) is 0 Å². The highest BCUT2D eigenvalue weighted by Gasteiger charge is 2.09. The molecule has 0 atom stereocenters. The van der Waals surface area contributed by atoms with Crippen LogP contribution in [0.5, 0.6) is 11.5 Å². The molecule has 0 aliphatic carbocycles. The topological polar surface area (TPSA) is 50.8 Å². The fourth-order valence-corrected chi connectivity index (χ4v) is 2.63. The number of nitrogens with zero attached hydrogens (tertiary/aromatic N) is 1. The number of likely N-dealkylation sites (N-methyl/N-ethyl adjacent to an activating group) is 1. The number of benzene rings is 3. The van der Waals surface area contributed by atoms with Crippen molar-refractivity contribution in [3.8, 4) is 23.3 Å². The molecule has 30 heavy (non-hydrogen) atoms. The van der Waals surface area contributed by atoms with Crippen LogP contribution in [0.15, 0.2) is 78.9 Å². The summed E-state index contributed by atoms with van der Waals surface area (Å²) in [5.41, 5.74) is 2.48. The van der Waals surface area contributed by atoms with Gasteiger partial charge in [-0.3, -0.25) is 0 Å². The molecule has 152 valence electrons. The van der Waals surface area contributed by atoms with Crippen molar-refractivity contribution in [2.45, 2.75) is 0 Å². The maximum absolute atomic E-state index is 12.4. The van der Waals surface area contributed by atoms with E-state index in [0.29, 0.717) is 18.8 Å². The second kappa shape index (κ2) is 10.6. The number of hydrogen-bond acceptors (Lipinski definition) is 3. The van der Waals surface area contributed by atoms with Crippen LogP contribution in [-0.4, -0.2) is 38.2 Å². The Labute approximate surface area is 177 Å². The van der Waals surface area contributed by atoms with E-state index in [4.69, 9.17) is 9.47 Å². The third kappa shape index (κ3) is 6.32. The molecular formula is C25H24N2O3. The minimum Gasteiger partial charge on any atom is -0.497 e. The normalized spacial score (nSPS) is 9.80. The molecule has 3 aromatic rings. The molecule has 0 heterocycles. The van der Waals surface area contributed by atoms with E-state index in [1.165, 1.54) is 0 Å². The van der Waals surface area contributed by atoms with E-state index >= 15 is 0 Å². The summed E-state index contributed by atoms with van der Waals surface area (Å²) in [7, 11) is 3.35. The Hall–Kier alpha value is -3.91. The third-order valence-corrected chi connectivity index (χ3v) is 4.34. The van der Waals surface area contributed by atoms with Crippen molar-refractivity contribution in [1.82, 2.24) is 4.90 Å². The highest BCUT2D eigenvalue weighted by Crippen LogP contribution is 2.17. The van der Waals surface area contributed by atoms with Crippen LogP contribution in [0, 0.1) is 11.8 Å². The summed E-state index contributed by atoms with van der Waals surface area (Å²) in [6.07, 6.45) is 0. The molecule has 5 nitrogen and oxygen atoms in total. The van der Waals surface area contributed by atoms with Gasteiger partial charge in [-0.2, -0.15) is 0 Å². The van der Waals surface area contributed by atoms with Gasteiger partial charge in [0.05, 0.1) is 13.7 Å².